The minimum absolute atomic E-state index is 0.0562. The minimum atomic E-state index is 0.0562. The molecule has 3 heteroatoms. The van der Waals surface area contributed by atoms with E-state index in [-0.39, 0.29) is 17.6 Å². The Bertz CT molecular complexity index is 333. The quantitative estimate of drug-likeness (QED) is 0.853. The van der Waals surface area contributed by atoms with E-state index in [2.05, 4.69) is 43.8 Å². The first-order valence-corrected chi connectivity index (χ1v) is 6.29. The van der Waals surface area contributed by atoms with Crippen LogP contribution in [0, 0.1) is 0 Å². The third kappa shape index (κ3) is 3.27. The fourth-order valence-corrected chi connectivity index (χ4v) is 2.00. The maximum Gasteiger partial charge on any atom is 0.0672 e. The highest BCUT2D eigenvalue weighted by molar-refractivity contribution is 5.12. The Morgan fingerprint density at radius 2 is 2.06 bits per heavy atom. The summed E-state index contributed by atoms with van der Waals surface area (Å²) in [5, 5.41) is 0. The molecule has 2 unspecified atom stereocenters. The SMILES string of the molecule is CCC(C)(C)N(C)C(c1ccccn1)C(C)N. The lowest BCUT2D eigenvalue weighted by Gasteiger charge is -2.42. The van der Waals surface area contributed by atoms with Gasteiger partial charge in [0.15, 0.2) is 0 Å². The molecule has 17 heavy (non-hydrogen) atoms. The maximum atomic E-state index is 6.14. The molecule has 2 N–H and O–H groups in total. The maximum absolute atomic E-state index is 6.14. The number of hydrogen-bond acceptors (Lipinski definition) is 3. The van der Waals surface area contributed by atoms with E-state index >= 15 is 0 Å². The van der Waals surface area contributed by atoms with Crippen LogP contribution in [0.4, 0.5) is 0 Å². The van der Waals surface area contributed by atoms with Crippen LogP contribution in [0.25, 0.3) is 0 Å². The Kier molecular flexibility index (Phi) is 4.66. The van der Waals surface area contributed by atoms with E-state index in [0.717, 1.165) is 12.1 Å². The van der Waals surface area contributed by atoms with Gasteiger partial charge in [-0.2, -0.15) is 0 Å². The predicted octanol–water partition coefficient (Wildman–Crippen LogP) is 2.59. The van der Waals surface area contributed by atoms with Gasteiger partial charge in [-0.15, -0.1) is 0 Å². The molecule has 0 bridgehead atoms. The number of hydrogen-bond donors (Lipinski definition) is 1. The summed E-state index contributed by atoms with van der Waals surface area (Å²) in [5.74, 6) is 0. The molecule has 0 aliphatic heterocycles. The van der Waals surface area contributed by atoms with Crippen molar-refractivity contribution < 1.29 is 0 Å². The van der Waals surface area contributed by atoms with Gasteiger partial charge in [-0.3, -0.25) is 9.88 Å². The molecule has 0 aromatic carbocycles. The van der Waals surface area contributed by atoms with Gasteiger partial charge in [0.05, 0.1) is 11.7 Å². The van der Waals surface area contributed by atoms with E-state index in [9.17, 15) is 0 Å². The third-order valence-electron chi connectivity index (χ3n) is 3.73. The summed E-state index contributed by atoms with van der Waals surface area (Å²) < 4.78 is 0. The van der Waals surface area contributed by atoms with Gasteiger partial charge in [0, 0.05) is 17.8 Å². The Labute approximate surface area is 105 Å². The van der Waals surface area contributed by atoms with Crippen LogP contribution >= 0.6 is 0 Å². The first kappa shape index (κ1) is 14.1. The van der Waals surface area contributed by atoms with E-state index in [1.165, 1.54) is 0 Å². The van der Waals surface area contributed by atoms with Gasteiger partial charge in [-0.05, 0) is 46.4 Å². The molecule has 0 aliphatic rings. The molecule has 0 saturated heterocycles. The molecule has 96 valence electrons. The molecule has 2 atom stereocenters. The first-order valence-electron chi connectivity index (χ1n) is 6.29. The van der Waals surface area contributed by atoms with Crippen LogP contribution in [0.2, 0.25) is 0 Å². The van der Waals surface area contributed by atoms with Crippen LogP contribution in [0.15, 0.2) is 24.4 Å². The van der Waals surface area contributed by atoms with Gasteiger partial charge < -0.3 is 5.73 Å². The van der Waals surface area contributed by atoms with Crippen molar-refractivity contribution in [2.75, 3.05) is 7.05 Å². The third-order valence-corrected chi connectivity index (χ3v) is 3.73. The fourth-order valence-electron chi connectivity index (χ4n) is 2.00. The van der Waals surface area contributed by atoms with Crippen molar-refractivity contribution in [2.45, 2.75) is 51.7 Å². The number of aromatic nitrogens is 1. The second-order valence-electron chi connectivity index (χ2n) is 5.34. The number of pyridine rings is 1. The average Bonchev–Trinajstić information content (AvgIpc) is 2.30. The Balaban J connectivity index is 3.03. The summed E-state index contributed by atoms with van der Waals surface area (Å²) in [7, 11) is 2.13. The number of nitrogens with zero attached hydrogens (tertiary/aromatic N) is 2. The molecule has 1 aromatic heterocycles. The first-order chi connectivity index (χ1) is 7.90. The largest absolute Gasteiger partial charge is 0.326 e. The molecule has 0 fully saturated rings. The number of likely N-dealkylation sites (N-methyl/N-ethyl adjacent to an activating group) is 1. The van der Waals surface area contributed by atoms with Crippen molar-refractivity contribution in [2.24, 2.45) is 5.73 Å². The second-order valence-corrected chi connectivity index (χ2v) is 5.34. The molecule has 0 spiro atoms. The molecular weight excluding hydrogens is 210 g/mol. The second kappa shape index (κ2) is 5.61. The van der Waals surface area contributed by atoms with Crippen molar-refractivity contribution in [3.63, 3.8) is 0 Å². The zero-order valence-corrected chi connectivity index (χ0v) is 11.6. The van der Waals surface area contributed by atoms with E-state index in [1.54, 1.807) is 0 Å². The van der Waals surface area contributed by atoms with Crippen LogP contribution in [0.5, 0.6) is 0 Å². The Morgan fingerprint density at radius 1 is 1.41 bits per heavy atom. The van der Waals surface area contributed by atoms with Gasteiger partial charge in [-0.1, -0.05) is 13.0 Å². The van der Waals surface area contributed by atoms with Gasteiger partial charge in [-0.25, -0.2) is 0 Å². The molecule has 0 amide bonds. The Hall–Kier alpha value is -0.930. The van der Waals surface area contributed by atoms with Crippen molar-refractivity contribution in [1.82, 2.24) is 9.88 Å². The van der Waals surface area contributed by atoms with E-state index in [1.807, 2.05) is 25.3 Å². The summed E-state index contributed by atoms with van der Waals surface area (Å²) in [4.78, 5) is 6.78. The molecule has 1 rings (SSSR count). The highest BCUT2D eigenvalue weighted by atomic mass is 15.2. The smallest absolute Gasteiger partial charge is 0.0672 e. The molecule has 1 heterocycles. The number of nitrogens with two attached hydrogens (primary N) is 1. The van der Waals surface area contributed by atoms with Gasteiger partial charge in [0.1, 0.15) is 0 Å². The van der Waals surface area contributed by atoms with Crippen molar-refractivity contribution >= 4 is 0 Å². The van der Waals surface area contributed by atoms with Crippen molar-refractivity contribution in [3.05, 3.63) is 30.1 Å². The summed E-state index contributed by atoms with van der Waals surface area (Å²) in [6, 6.07) is 6.22. The monoisotopic (exact) mass is 235 g/mol. The average molecular weight is 235 g/mol. The van der Waals surface area contributed by atoms with E-state index in [4.69, 9.17) is 5.73 Å². The van der Waals surface area contributed by atoms with E-state index < -0.39 is 0 Å². The lowest BCUT2D eigenvalue weighted by molar-refractivity contribution is 0.0824. The lowest BCUT2D eigenvalue weighted by Crippen LogP contribution is -2.48. The zero-order valence-electron chi connectivity index (χ0n) is 11.6. The highest BCUT2D eigenvalue weighted by Gasteiger charge is 2.31. The molecule has 0 aliphatic carbocycles. The van der Waals surface area contributed by atoms with Crippen molar-refractivity contribution in [1.29, 1.82) is 0 Å². The van der Waals surface area contributed by atoms with E-state index in [0.29, 0.717) is 0 Å². The Morgan fingerprint density at radius 3 is 2.47 bits per heavy atom. The van der Waals surface area contributed by atoms with Crippen LogP contribution in [-0.2, 0) is 0 Å². The minimum Gasteiger partial charge on any atom is -0.326 e. The van der Waals surface area contributed by atoms with Gasteiger partial charge in [0.25, 0.3) is 0 Å². The predicted molar refractivity (Wildman–Crippen MR) is 72.8 cm³/mol. The summed E-state index contributed by atoms with van der Waals surface area (Å²) in [6.45, 7) is 8.73. The van der Waals surface area contributed by atoms with Crippen LogP contribution in [-0.4, -0.2) is 28.5 Å². The van der Waals surface area contributed by atoms with Crippen LogP contribution in [0.3, 0.4) is 0 Å². The topological polar surface area (TPSA) is 42.2 Å². The standard InChI is InChI=1S/C14H25N3/c1-6-14(3,4)17(5)13(11(2)15)12-9-7-8-10-16-12/h7-11,13H,6,15H2,1-5H3. The molecule has 0 radical (unpaired) electrons. The molecule has 1 aromatic rings. The molecule has 0 saturated carbocycles. The molecular formula is C14H25N3. The van der Waals surface area contributed by atoms with Crippen LogP contribution in [0.1, 0.15) is 45.9 Å². The molecule has 3 nitrogen and oxygen atoms in total. The zero-order chi connectivity index (χ0) is 13.1. The number of rotatable bonds is 5. The lowest BCUT2D eigenvalue weighted by atomic mass is 9.94. The summed E-state index contributed by atoms with van der Waals surface area (Å²) in [6.07, 6.45) is 2.91. The fraction of sp³-hybridized carbons (Fsp3) is 0.643. The van der Waals surface area contributed by atoms with Crippen LogP contribution < -0.4 is 5.73 Å². The van der Waals surface area contributed by atoms with Crippen molar-refractivity contribution in [3.8, 4) is 0 Å². The van der Waals surface area contributed by atoms with Gasteiger partial charge >= 0.3 is 0 Å². The summed E-state index contributed by atoms with van der Waals surface area (Å²) >= 11 is 0. The highest BCUT2D eigenvalue weighted by Crippen LogP contribution is 2.29. The summed E-state index contributed by atoms with van der Waals surface area (Å²) in [5.41, 5.74) is 7.31. The van der Waals surface area contributed by atoms with Gasteiger partial charge in [0.2, 0.25) is 0 Å². The normalized spacial score (nSPS) is 15.9.